The van der Waals surface area contributed by atoms with E-state index in [1.165, 1.54) is 37.8 Å². The second-order valence-electron chi connectivity index (χ2n) is 3.90. The summed E-state index contributed by atoms with van der Waals surface area (Å²) in [6.45, 7) is 9.01. The van der Waals surface area contributed by atoms with Crippen molar-refractivity contribution in [3.05, 3.63) is 12.2 Å². The third-order valence-corrected chi connectivity index (χ3v) is 2.03. The van der Waals surface area contributed by atoms with Crippen molar-refractivity contribution >= 4 is 0 Å². The highest BCUT2D eigenvalue weighted by Gasteiger charge is 1.97. The van der Waals surface area contributed by atoms with E-state index in [0.29, 0.717) is 0 Å². The second kappa shape index (κ2) is 8.27. The largest absolute Gasteiger partial charge is 0.330 e. The van der Waals surface area contributed by atoms with E-state index in [1.807, 2.05) is 0 Å². The highest BCUT2D eigenvalue weighted by molar-refractivity contribution is 4.90. The zero-order valence-corrected chi connectivity index (χ0v) is 9.18. The summed E-state index contributed by atoms with van der Waals surface area (Å²) in [4.78, 5) is 2.32. The van der Waals surface area contributed by atoms with E-state index in [1.54, 1.807) is 0 Å². The Bertz CT molecular complexity index is 132. The van der Waals surface area contributed by atoms with Gasteiger partial charge in [0.15, 0.2) is 0 Å². The first-order valence-corrected chi connectivity index (χ1v) is 5.20. The van der Waals surface area contributed by atoms with Crippen molar-refractivity contribution in [2.75, 3.05) is 26.7 Å². The van der Waals surface area contributed by atoms with Crippen LogP contribution in [0.3, 0.4) is 0 Å². The predicted octanol–water partition coefficient (Wildman–Crippen LogP) is 2.01. The maximum Gasteiger partial charge on any atom is 0.0184 e. The highest BCUT2D eigenvalue weighted by atomic mass is 15.1. The molecule has 78 valence electrons. The lowest BCUT2D eigenvalue weighted by molar-refractivity contribution is 0.350. The molecule has 0 unspecified atom stereocenters. The van der Waals surface area contributed by atoms with Crippen LogP contribution in [0.5, 0.6) is 0 Å². The zero-order chi connectivity index (χ0) is 10.1. The van der Waals surface area contributed by atoms with E-state index < -0.39 is 0 Å². The van der Waals surface area contributed by atoms with Gasteiger partial charge in [-0.15, -0.1) is 0 Å². The van der Waals surface area contributed by atoms with Crippen LogP contribution in [0.25, 0.3) is 0 Å². The van der Waals surface area contributed by atoms with Crippen LogP contribution in [0.15, 0.2) is 12.2 Å². The highest BCUT2D eigenvalue weighted by Crippen LogP contribution is 2.01. The lowest BCUT2D eigenvalue weighted by atomic mass is 10.2. The number of hydrogen-bond donors (Lipinski definition) is 1. The van der Waals surface area contributed by atoms with Gasteiger partial charge in [-0.05, 0) is 39.9 Å². The van der Waals surface area contributed by atoms with Crippen molar-refractivity contribution in [1.82, 2.24) is 4.90 Å². The van der Waals surface area contributed by atoms with Crippen LogP contribution < -0.4 is 5.73 Å². The molecule has 0 aromatic rings. The summed E-state index contributed by atoms with van der Waals surface area (Å²) in [5, 5.41) is 0. The molecule has 0 aromatic heterocycles. The van der Waals surface area contributed by atoms with Gasteiger partial charge in [-0.2, -0.15) is 0 Å². The van der Waals surface area contributed by atoms with Gasteiger partial charge in [0.25, 0.3) is 0 Å². The van der Waals surface area contributed by atoms with E-state index in [-0.39, 0.29) is 0 Å². The summed E-state index contributed by atoms with van der Waals surface area (Å²) < 4.78 is 0. The van der Waals surface area contributed by atoms with Crippen LogP contribution in [0.1, 0.15) is 32.6 Å². The van der Waals surface area contributed by atoms with Gasteiger partial charge in [-0.1, -0.05) is 25.0 Å². The van der Waals surface area contributed by atoms with E-state index in [4.69, 9.17) is 5.73 Å². The summed E-state index contributed by atoms with van der Waals surface area (Å²) in [7, 11) is 2.15. The molecular formula is C11H24N2. The van der Waals surface area contributed by atoms with Crippen LogP contribution in [-0.4, -0.2) is 31.6 Å². The zero-order valence-electron chi connectivity index (χ0n) is 9.18. The van der Waals surface area contributed by atoms with Gasteiger partial charge < -0.3 is 10.6 Å². The van der Waals surface area contributed by atoms with Crippen molar-refractivity contribution in [2.45, 2.75) is 32.6 Å². The fourth-order valence-corrected chi connectivity index (χ4v) is 1.42. The monoisotopic (exact) mass is 184 g/mol. The number of hydrogen-bond acceptors (Lipinski definition) is 2. The number of nitrogens with zero attached hydrogens (tertiary/aromatic N) is 1. The van der Waals surface area contributed by atoms with E-state index in [9.17, 15) is 0 Å². The molecule has 0 radical (unpaired) electrons. The smallest absolute Gasteiger partial charge is 0.0184 e. The molecular weight excluding hydrogens is 160 g/mol. The molecule has 0 heterocycles. The Labute approximate surface area is 82.8 Å². The van der Waals surface area contributed by atoms with Crippen molar-refractivity contribution in [3.63, 3.8) is 0 Å². The van der Waals surface area contributed by atoms with Crippen LogP contribution in [0.4, 0.5) is 0 Å². The van der Waals surface area contributed by atoms with Crippen molar-refractivity contribution in [1.29, 1.82) is 0 Å². The Balaban J connectivity index is 3.17. The predicted molar refractivity (Wildman–Crippen MR) is 59.8 cm³/mol. The Morgan fingerprint density at radius 1 is 1.23 bits per heavy atom. The third-order valence-electron chi connectivity index (χ3n) is 2.03. The van der Waals surface area contributed by atoms with Gasteiger partial charge in [-0.3, -0.25) is 0 Å². The standard InChI is InChI=1S/C11H24N2/c1-11(2)10-13(3)9-7-5-4-6-8-12/h1,4-10,12H2,2-3H3. The quantitative estimate of drug-likeness (QED) is 0.462. The molecule has 0 saturated heterocycles. The molecule has 0 rings (SSSR count). The molecule has 0 atom stereocenters. The summed E-state index contributed by atoms with van der Waals surface area (Å²) in [6, 6.07) is 0. The Morgan fingerprint density at radius 2 is 1.85 bits per heavy atom. The van der Waals surface area contributed by atoms with Gasteiger partial charge in [0.05, 0.1) is 0 Å². The average molecular weight is 184 g/mol. The summed E-state index contributed by atoms with van der Waals surface area (Å²) in [5.74, 6) is 0. The number of nitrogens with two attached hydrogens (primary N) is 1. The van der Waals surface area contributed by atoms with E-state index in [2.05, 4.69) is 25.5 Å². The third kappa shape index (κ3) is 9.57. The molecule has 0 amide bonds. The van der Waals surface area contributed by atoms with Crippen LogP contribution in [-0.2, 0) is 0 Å². The first kappa shape index (κ1) is 12.7. The summed E-state index contributed by atoms with van der Waals surface area (Å²) in [5.41, 5.74) is 6.65. The molecule has 0 spiro atoms. The molecule has 0 saturated carbocycles. The normalized spacial score (nSPS) is 10.8. The van der Waals surface area contributed by atoms with Crippen LogP contribution >= 0.6 is 0 Å². The Hall–Kier alpha value is -0.340. The van der Waals surface area contributed by atoms with Gasteiger partial charge in [-0.25, -0.2) is 0 Å². The van der Waals surface area contributed by atoms with Crippen molar-refractivity contribution in [3.8, 4) is 0 Å². The maximum atomic E-state index is 5.41. The molecule has 0 bridgehead atoms. The van der Waals surface area contributed by atoms with Gasteiger partial charge in [0, 0.05) is 6.54 Å². The molecule has 0 aromatic carbocycles. The SMILES string of the molecule is C=C(C)CN(C)CCCCCCN. The lowest BCUT2D eigenvalue weighted by Crippen LogP contribution is -2.21. The lowest BCUT2D eigenvalue weighted by Gasteiger charge is -2.15. The number of rotatable bonds is 8. The van der Waals surface area contributed by atoms with E-state index in [0.717, 1.165) is 13.1 Å². The first-order chi connectivity index (χ1) is 6.16. The number of likely N-dealkylation sites (N-methyl/N-ethyl adjacent to an activating group) is 1. The van der Waals surface area contributed by atoms with Crippen LogP contribution in [0, 0.1) is 0 Å². The molecule has 13 heavy (non-hydrogen) atoms. The molecule has 0 aliphatic rings. The van der Waals surface area contributed by atoms with Gasteiger partial charge in [0.1, 0.15) is 0 Å². The molecule has 0 aliphatic carbocycles. The molecule has 2 heteroatoms. The molecule has 0 fully saturated rings. The second-order valence-corrected chi connectivity index (χ2v) is 3.90. The topological polar surface area (TPSA) is 29.3 Å². The first-order valence-electron chi connectivity index (χ1n) is 5.20. The van der Waals surface area contributed by atoms with Crippen molar-refractivity contribution in [2.24, 2.45) is 5.73 Å². The maximum absolute atomic E-state index is 5.41. The fraction of sp³-hybridized carbons (Fsp3) is 0.818. The summed E-state index contributed by atoms with van der Waals surface area (Å²) in [6.07, 6.45) is 5.03. The van der Waals surface area contributed by atoms with Gasteiger partial charge >= 0.3 is 0 Å². The fourth-order valence-electron chi connectivity index (χ4n) is 1.42. The Morgan fingerprint density at radius 3 is 2.38 bits per heavy atom. The minimum atomic E-state index is 0.835. The Kier molecular flexibility index (Phi) is 8.05. The minimum Gasteiger partial charge on any atom is -0.330 e. The van der Waals surface area contributed by atoms with E-state index >= 15 is 0 Å². The van der Waals surface area contributed by atoms with Crippen LogP contribution in [0.2, 0.25) is 0 Å². The molecule has 0 aliphatic heterocycles. The number of unbranched alkanes of at least 4 members (excludes halogenated alkanes) is 3. The molecule has 2 nitrogen and oxygen atoms in total. The summed E-state index contributed by atoms with van der Waals surface area (Å²) >= 11 is 0. The van der Waals surface area contributed by atoms with Crippen molar-refractivity contribution < 1.29 is 0 Å². The van der Waals surface area contributed by atoms with Gasteiger partial charge in [0.2, 0.25) is 0 Å². The average Bonchev–Trinajstić information content (AvgIpc) is 2.02. The molecule has 2 N–H and O–H groups in total. The minimum absolute atomic E-state index is 0.835.